The molecule has 1 amide bonds. The molecule has 0 bridgehead atoms. The zero-order valence-electron chi connectivity index (χ0n) is 16.8. The van der Waals surface area contributed by atoms with E-state index in [1.807, 2.05) is 0 Å². The van der Waals surface area contributed by atoms with Crippen LogP contribution in [0.15, 0.2) is 43.0 Å². The van der Waals surface area contributed by atoms with Gasteiger partial charge in [-0.2, -0.15) is 23.4 Å². The Hall–Kier alpha value is -3.57. The third-order valence-corrected chi connectivity index (χ3v) is 5.55. The smallest absolute Gasteiger partial charge is 0.434 e. The molecule has 12 heteroatoms. The lowest BCUT2D eigenvalue weighted by atomic mass is 9.78. The maximum absolute atomic E-state index is 14.9. The third-order valence-electron chi connectivity index (χ3n) is 5.55. The molecule has 3 heterocycles. The molecule has 2 aromatic heterocycles. The van der Waals surface area contributed by atoms with Crippen molar-refractivity contribution in [2.75, 3.05) is 6.54 Å². The first-order valence-electron chi connectivity index (χ1n) is 9.68. The van der Waals surface area contributed by atoms with Crippen molar-refractivity contribution in [3.8, 4) is 11.6 Å². The minimum atomic E-state index is -4.63. The number of alkyl halides is 3. The maximum Gasteiger partial charge on any atom is 0.434 e. The number of hydrogen-bond acceptors (Lipinski definition) is 6. The SMILES string of the molecule is C[C@]1(c2cccc(F)c2-n2nccn2)[C@H](Oc2cnc(C(F)(F)F)cn2)CCCN1C=O. The molecule has 1 fully saturated rings. The van der Waals surface area contributed by atoms with Crippen LogP contribution in [0, 0.1) is 5.82 Å². The van der Waals surface area contributed by atoms with Gasteiger partial charge < -0.3 is 9.64 Å². The summed E-state index contributed by atoms with van der Waals surface area (Å²) in [6.07, 6.45) is 0.489. The Morgan fingerprint density at radius 3 is 2.56 bits per heavy atom. The van der Waals surface area contributed by atoms with Gasteiger partial charge in [-0.05, 0) is 25.8 Å². The molecular weight excluding hydrogens is 432 g/mol. The quantitative estimate of drug-likeness (QED) is 0.439. The lowest BCUT2D eigenvalue weighted by Crippen LogP contribution is -2.57. The molecule has 1 aliphatic rings. The van der Waals surface area contributed by atoms with Crippen LogP contribution in [-0.4, -0.2) is 48.9 Å². The van der Waals surface area contributed by atoms with E-state index in [0.717, 1.165) is 11.0 Å². The number of piperidine rings is 1. The summed E-state index contributed by atoms with van der Waals surface area (Å²) in [5.41, 5.74) is -1.93. The van der Waals surface area contributed by atoms with E-state index in [9.17, 15) is 22.4 Å². The summed E-state index contributed by atoms with van der Waals surface area (Å²) in [5, 5.41) is 8.03. The molecule has 1 aliphatic heterocycles. The number of rotatable bonds is 5. The van der Waals surface area contributed by atoms with Crippen molar-refractivity contribution in [1.82, 2.24) is 29.9 Å². The molecule has 8 nitrogen and oxygen atoms in total. The molecule has 1 aromatic carbocycles. The maximum atomic E-state index is 14.9. The van der Waals surface area contributed by atoms with Crippen LogP contribution in [0.2, 0.25) is 0 Å². The molecule has 2 atom stereocenters. The fourth-order valence-corrected chi connectivity index (χ4v) is 3.94. The number of aromatic nitrogens is 5. The number of ether oxygens (including phenoxy) is 1. The second kappa shape index (κ2) is 8.17. The van der Waals surface area contributed by atoms with E-state index in [4.69, 9.17) is 4.74 Å². The Morgan fingerprint density at radius 2 is 1.94 bits per heavy atom. The van der Waals surface area contributed by atoms with Gasteiger partial charge in [0.25, 0.3) is 0 Å². The van der Waals surface area contributed by atoms with Gasteiger partial charge in [0.05, 0.1) is 24.8 Å². The number of para-hydroxylation sites is 1. The Balaban J connectivity index is 1.77. The summed E-state index contributed by atoms with van der Waals surface area (Å²) in [5.74, 6) is -0.749. The van der Waals surface area contributed by atoms with Gasteiger partial charge in [-0.1, -0.05) is 12.1 Å². The van der Waals surface area contributed by atoms with Crippen LogP contribution in [0.25, 0.3) is 5.69 Å². The van der Waals surface area contributed by atoms with Crippen molar-refractivity contribution in [1.29, 1.82) is 0 Å². The highest BCUT2D eigenvalue weighted by atomic mass is 19.4. The van der Waals surface area contributed by atoms with Gasteiger partial charge in [-0.15, -0.1) is 4.80 Å². The molecule has 0 N–H and O–H groups in total. The number of carbonyl (C=O) groups excluding carboxylic acids is 1. The number of halogens is 4. The van der Waals surface area contributed by atoms with Crippen LogP contribution < -0.4 is 4.74 Å². The van der Waals surface area contributed by atoms with Crippen LogP contribution in [-0.2, 0) is 16.5 Å². The van der Waals surface area contributed by atoms with Crippen molar-refractivity contribution in [2.45, 2.75) is 37.6 Å². The first kappa shape index (κ1) is 21.7. The van der Waals surface area contributed by atoms with E-state index < -0.39 is 29.3 Å². The van der Waals surface area contributed by atoms with Gasteiger partial charge in [0.2, 0.25) is 12.3 Å². The molecule has 0 radical (unpaired) electrons. The first-order valence-corrected chi connectivity index (χ1v) is 9.68. The molecule has 32 heavy (non-hydrogen) atoms. The number of amides is 1. The average molecular weight is 450 g/mol. The minimum absolute atomic E-state index is 0.0425. The van der Waals surface area contributed by atoms with Gasteiger partial charge in [-0.25, -0.2) is 14.4 Å². The summed E-state index contributed by atoms with van der Waals surface area (Å²) < 4.78 is 59.2. The lowest BCUT2D eigenvalue weighted by Gasteiger charge is -2.48. The van der Waals surface area contributed by atoms with E-state index in [2.05, 4.69) is 20.2 Å². The van der Waals surface area contributed by atoms with Crippen LogP contribution in [0.4, 0.5) is 17.6 Å². The number of hydrogen-bond donors (Lipinski definition) is 0. The summed E-state index contributed by atoms with van der Waals surface area (Å²) in [4.78, 5) is 21.6. The zero-order valence-corrected chi connectivity index (χ0v) is 16.8. The third kappa shape index (κ3) is 3.76. The zero-order chi connectivity index (χ0) is 22.9. The monoisotopic (exact) mass is 450 g/mol. The normalized spacial score (nSPS) is 21.4. The molecule has 3 aromatic rings. The molecule has 0 saturated carbocycles. The second-order valence-electron chi connectivity index (χ2n) is 7.39. The van der Waals surface area contributed by atoms with E-state index in [1.54, 1.807) is 13.0 Å². The topological polar surface area (TPSA) is 86.0 Å². The van der Waals surface area contributed by atoms with E-state index in [1.165, 1.54) is 29.4 Å². The Kier molecular flexibility index (Phi) is 5.53. The number of nitrogens with zero attached hydrogens (tertiary/aromatic N) is 6. The second-order valence-corrected chi connectivity index (χ2v) is 7.39. The highest BCUT2D eigenvalue weighted by Crippen LogP contribution is 2.41. The highest BCUT2D eigenvalue weighted by Gasteiger charge is 2.47. The van der Waals surface area contributed by atoms with E-state index in [0.29, 0.717) is 37.6 Å². The van der Waals surface area contributed by atoms with Crippen molar-refractivity contribution < 1.29 is 27.1 Å². The van der Waals surface area contributed by atoms with Crippen LogP contribution in [0.5, 0.6) is 5.88 Å². The number of likely N-dealkylation sites (tertiary alicyclic amines) is 1. The Labute approximate surface area is 179 Å². The Bertz CT molecular complexity index is 1090. The summed E-state index contributed by atoms with van der Waals surface area (Å²) in [7, 11) is 0. The fraction of sp³-hybridized carbons (Fsp3) is 0.350. The average Bonchev–Trinajstić information content (AvgIpc) is 3.29. The molecule has 168 valence electrons. The lowest BCUT2D eigenvalue weighted by molar-refractivity contribution is -0.141. The van der Waals surface area contributed by atoms with Gasteiger partial charge in [0.15, 0.2) is 11.5 Å². The van der Waals surface area contributed by atoms with Gasteiger partial charge in [0, 0.05) is 12.1 Å². The predicted octanol–water partition coefficient (Wildman–Crippen LogP) is 3.13. The van der Waals surface area contributed by atoms with Crippen LogP contribution >= 0.6 is 0 Å². The van der Waals surface area contributed by atoms with Crippen LogP contribution in [0.1, 0.15) is 31.0 Å². The van der Waals surface area contributed by atoms with Crippen molar-refractivity contribution in [3.05, 3.63) is 60.1 Å². The molecule has 4 rings (SSSR count). The molecular formula is C20H18F4N6O2. The predicted molar refractivity (Wildman–Crippen MR) is 102 cm³/mol. The standard InChI is InChI=1S/C20H18F4N6O2/c1-19(13-4-2-5-14(21)18(13)30-27-7-8-28-30)16(6-3-9-29(19)12-31)32-17-11-25-15(10-26-17)20(22,23)24/h2,4-5,7-8,10-12,16H,3,6,9H2,1H3/t16-,19+/m1/s1. The molecule has 1 saturated heterocycles. The van der Waals surface area contributed by atoms with Crippen molar-refractivity contribution in [3.63, 3.8) is 0 Å². The van der Waals surface area contributed by atoms with E-state index in [-0.39, 0.29) is 11.6 Å². The van der Waals surface area contributed by atoms with Gasteiger partial charge in [0.1, 0.15) is 17.3 Å². The number of benzene rings is 1. The van der Waals surface area contributed by atoms with Crippen molar-refractivity contribution >= 4 is 6.41 Å². The van der Waals surface area contributed by atoms with E-state index >= 15 is 0 Å². The first-order chi connectivity index (χ1) is 15.2. The molecule has 0 aliphatic carbocycles. The fourth-order valence-electron chi connectivity index (χ4n) is 3.94. The summed E-state index contributed by atoms with van der Waals surface area (Å²) in [6.45, 7) is 2.07. The Morgan fingerprint density at radius 1 is 1.19 bits per heavy atom. The minimum Gasteiger partial charge on any atom is -0.470 e. The van der Waals surface area contributed by atoms with Gasteiger partial charge in [-0.3, -0.25) is 4.79 Å². The summed E-state index contributed by atoms with van der Waals surface area (Å²) >= 11 is 0. The number of carbonyl (C=O) groups is 1. The molecule has 0 spiro atoms. The summed E-state index contributed by atoms with van der Waals surface area (Å²) in [6, 6.07) is 4.38. The largest absolute Gasteiger partial charge is 0.470 e. The van der Waals surface area contributed by atoms with Crippen molar-refractivity contribution in [2.24, 2.45) is 0 Å². The highest BCUT2D eigenvalue weighted by molar-refractivity contribution is 5.55. The van der Waals surface area contributed by atoms with Gasteiger partial charge >= 0.3 is 6.18 Å². The molecule has 0 unspecified atom stereocenters. The van der Waals surface area contributed by atoms with Crippen LogP contribution in [0.3, 0.4) is 0 Å².